The lowest BCUT2D eigenvalue weighted by Gasteiger charge is -2.17. The number of aryl methyl sites for hydroxylation is 1. The smallest absolute Gasteiger partial charge is 0.0408 e. The summed E-state index contributed by atoms with van der Waals surface area (Å²) in [5.74, 6) is 0.328. The SMILES string of the molecule is Cc1ccc(C(CCN)c2cccc(Cl)c2)cc1. The van der Waals surface area contributed by atoms with Gasteiger partial charge in [0.25, 0.3) is 0 Å². The monoisotopic (exact) mass is 259 g/mol. The van der Waals surface area contributed by atoms with E-state index in [1.807, 2.05) is 18.2 Å². The summed E-state index contributed by atoms with van der Waals surface area (Å²) in [7, 11) is 0. The number of nitrogens with two attached hydrogens (primary N) is 1. The van der Waals surface area contributed by atoms with Gasteiger partial charge >= 0.3 is 0 Å². The van der Waals surface area contributed by atoms with Gasteiger partial charge in [0.15, 0.2) is 0 Å². The summed E-state index contributed by atoms with van der Waals surface area (Å²) in [6.07, 6.45) is 0.934. The van der Waals surface area contributed by atoms with Crippen LogP contribution in [0.5, 0.6) is 0 Å². The molecule has 18 heavy (non-hydrogen) atoms. The highest BCUT2D eigenvalue weighted by molar-refractivity contribution is 6.30. The van der Waals surface area contributed by atoms with Crippen LogP contribution in [0.2, 0.25) is 5.02 Å². The maximum atomic E-state index is 6.07. The lowest BCUT2D eigenvalue weighted by atomic mass is 9.88. The van der Waals surface area contributed by atoms with Crippen molar-refractivity contribution in [1.29, 1.82) is 0 Å². The van der Waals surface area contributed by atoms with Crippen molar-refractivity contribution in [2.24, 2.45) is 5.73 Å². The second kappa shape index (κ2) is 6.03. The maximum Gasteiger partial charge on any atom is 0.0408 e. The van der Waals surface area contributed by atoms with Crippen LogP contribution < -0.4 is 5.73 Å². The Kier molecular flexibility index (Phi) is 4.40. The normalized spacial score (nSPS) is 12.4. The zero-order valence-corrected chi connectivity index (χ0v) is 11.3. The van der Waals surface area contributed by atoms with Crippen molar-refractivity contribution in [2.45, 2.75) is 19.3 Å². The van der Waals surface area contributed by atoms with Gasteiger partial charge in [0, 0.05) is 10.9 Å². The summed E-state index contributed by atoms with van der Waals surface area (Å²) in [6.45, 7) is 2.77. The molecule has 0 aromatic heterocycles. The van der Waals surface area contributed by atoms with Crippen LogP contribution in [-0.4, -0.2) is 6.54 Å². The fourth-order valence-corrected chi connectivity index (χ4v) is 2.41. The van der Waals surface area contributed by atoms with E-state index in [9.17, 15) is 0 Å². The number of hydrogen-bond donors (Lipinski definition) is 1. The summed E-state index contributed by atoms with van der Waals surface area (Å²) < 4.78 is 0. The van der Waals surface area contributed by atoms with Crippen LogP contribution in [0.15, 0.2) is 48.5 Å². The second-order valence-electron chi connectivity index (χ2n) is 4.60. The molecule has 2 rings (SSSR count). The highest BCUT2D eigenvalue weighted by atomic mass is 35.5. The standard InChI is InChI=1S/C16H18ClN/c1-12-5-7-13(8-6-12)16(9-10-18)14-3-2-4-15(17)11-14/h2-8,11,16H,9-10,18H2,1H3. The average molecular weight is 260 g/mol. The van der Waals surface area contributed by atoms with Gasteiger partial charge in [-0.05, 0) is 43.1 Å². The van der Waals surface area contributed by atoms with Crippen molar-refractivity contribution >= 4 is 11.6 Å². The molecule has 2 N–H and O–H groups in total. The first-order chi connectivity index (χ1) is 8.70. The van der Waals surface area contributed by atoms with E-state index in [2.05, 4.69) is 37.3 Å². The second-order valence-corrected chi connectivity index (χ2v) is 5.03. The van der Waals surface area contributed by atoms with E-state index in [0.717, 1.165) is 11.4 Å². The third-order valence-electron chi connectivity index (χ3n) is 3.19. The van der Waals surface area contributed by atoms with E-state index in [1.165, 1.54) is 16.7 Å². The van der Waals surface area contributed by atoms with Gasteiger partial charge < -0.3 is 5.73 Å². The summed E-state index contributed by atoms with van der Waals surface area (Å²) in [4.78, 5) is 0. The quantitative estimate of drug-likeness (QED) is 0.878. The maximum absolute atomic E-state index is 6.07. The Balaban J connectivity index is 2.36. The van der Waals surface area contributed by atoms with E-state index in [0.29, 0.717) is 12.5 Å². The van der Waals surface area contributed by atoms with Crippen molar-refractivity contribution < 1.29 is 0 Å². The van der Waals surface area contributed by atoms with Gasteiger partial charge in [-0.25, -0.2) is 0 Å². The van der Waals surface area contributed by atoms with E-state index in [-0.39, 0.29) is 0 Å². The summed E-state index contributed by atoms with van der Waals surface area (Å²) in [5, 5.41) is 0.779. The highest BCUT2D eigenvalue weighted by Gasteiger charge is 2.13. The predicted octanol–water partition coefficient (Wildman–Crippen LogP) is 4.13. The third-order valence-corrected chi connectivity index (χ3v) is 3.42. The molecule has 2 aromatic carbocycles. The van der Waals surface area contributed by atoms with Gasteiger partial charge in [0.2, 0.25) is 0 Å². The first-order valence-electron chi connectivity index (χ1n) is 6.23. The molecule has 94 valence electrons. The van der Waals surface area contributed by atoms with Crippen LogP contribution >= 0.6 is 11.6 Å². The fraction of sp³-hybridized carbons (Fsp3) is 0.250. The van der Waals surface area contributed by atoms with Gasteiger partial charge in [-0.15, -0.1) is 0 Å². The molecular weight excluding hydrogens is 242 g/mol. The molecule has 1 nitrogen and oxygen atoms in total. The first-order valence-corrected chi connectivity index (χ1v) is 6.60. The molecule has 0 radical (unpaired) electrons. The molecule has 0 saturated heterocycles. The van der Waals surface area contributed by atoms with Gasteiger partial charge in [0.1, 0.15) is 0 Å². The third kappa shape index (κ3) is 3.12. The largest absolute Gasteiger partial charge is 0.330 e. The van der Waals surface area contributed by atoms with Gasteiger partial charge in [-0.1, -0.05) is 53.6 Å². The molecule has 0 heterocycles. The minimum Gasteiger partial charge on any atom is -0.330 e. The van der Waals surface area contributed by atoms with E-state index >= 15 is 0 Å². The fourth-order valence-electron chi connectivity index (χ4n) is 2.21. The number of rotatable bonds is 4. The zero-order valence-electron chi connectivity index (χ0n) is 10.6. The lowest BCUT2D eigenvalue weighted by molar-refractivity contribution is 0.726. The molecule has 0 fully saturated rings. The Morgan fingerprint density at radius 3 is 2.39 bits per heavy atom. The molecule has 0 aliphatic rings. The molecular formula is C16H18ClN. The van der Waals surface area contributed by atoms with E-state index < -0.39 is 0 Å². The molecule has 0 spiro atoms. The zero-order chi connectivity index (χ0) is 13.0. The Labute approximate surface area is 114 Å². The molecule has 1 atom stereocenters. The Morgan fingerprint density at radius 2 is 1.78 bits per heavy atom. The van der Waals surface area contributed by atoms with Crippen LogP contribution in [-0.2, 0) is 0 Å². The van der Waals surface area contributed by atoms with Crippen LogP contribution in [0, 0.1) is 6.92 Å². The predicted molar refractivity (Wildman–Crippen MR) is 78.1 cm³/mol. The molecule has 1 unspecified atom stereocenters. The first kappa shape index (κ1) is 13.1. The molecule has 0 saturated carbocycles. The minimum atomic E-state index is 0.328. The molecule has 0 bridgehead atoms. The Bertz CT molecular complexity index is 505. The van der Waals surface area contributed by atoms with Crippen LogP contribution in [0.1, 0.15) is 29.0 Å². The van der Waals surface area contributed by atoms with Gasteiger partial charge in [0.05, 0.1) is 0 Å². The van der Waals surface area contributed by atoms with Crippen LogP contribution in [0.25, 0.3) is 0 Å². The molecule has 2 aromatic rings. The number of benzene rings is 2. The number of hydrogen-bond acceptors (Lipinski definition) is 1. The highest BCUT2D eigenvalue weighted by Crippen LogP contribution is 2.29. The molecule has 0 aliphatic carbocycles. The molecule has 0 aliphatic heterocycles. The van der Waals surface area contributed by atoms with Crippen molar-refractivity contribution in [3.63, 3.8) is 0 Å². The summed E-state index contributed by atoms with van der Waals surface area (Å²) >= 11 is 6.07. The molecule has 0 amide bonds. The van der Waals surface area contributed by atoms with Crippen molar-refractivity contribution in [3.05, 3.63) is 70.2 Å². The van der Waals surface area contributed by atoms with Gasteiger partial charge in [-0.2, -0.15) is 0 Å². The van der Waals surface area contributed by atoms with Gasteiger partial charge in [-0.3, -0.25) is 0 Å². The van der Waals surface area contributed by atoms with Crippen LogP contribution in [0.3, 0.4) is 0 Å². The Morgan fingerprint density at radius 1 is 1.06 bits per heavy atom. The molecule has 2 heteroatoms. The van der Waals surface area contributed by atoms with E-state index in [1.54, 1.807) is 0 Å². The topological polar surface area (TPSA) is 26.0 Å². The minimum absolute atomic E-state index is 0.328. The summed E-state index contributed by atoms with van der Waals surface area (Å²) in [5.41, 5.74) is 9.55. The summed E-state index contributed by atoms with van der Waals surface area (Å²) in [6, 6.07) is 16.7. The van der Waals surface area contributed by atoms with Crippen molar-refractivity contribution in [3.8, 4) is 0 Å². The van der Waals surface area contributed by atoms with Crippen LogP contribution in [0.4, 0.5) is 0 Å². The lowest BCUT2D eigenvalue weighted by Crippen LogP contribution is -2.08. The van der Waals surface area contributed by atoms with Crippen molar-refractivity contribution in [2.75, 3.05) is 6.54 Å². The number of halogens is 1. The Hall–Kier alpha value is -1.31. The average Bonchev–Trinajstić information content (AvgIpc) is 2.37. The van der Waals surface area contributed by atoms with Crippen molar-refractivity contribution in [1.82, 2.24) is 0 Å². The van der Waals surface area contributed by atoms with E-state index in [4.69, 9.17) is 17.3 Å².